The summed E-state index contributed by atoms with van der Waals surface area (Å²) < 4.78 is 13.6. The molecule has 1 fully saturated rings. The van der Waals surface area contributed by atoms with Crippen LogP contribution >= 0.6 is 0 Å². The molecular formula is C15H21FN2O. The zero-order valence-corrected chi connectivity index (χ0v) is 11.3. The molecule has 1 aliphatic carbocycles. The van der Waals surface area contributed by atoms with E-state index in [-0.39, 0.29) is 11.9 Å². The van der Waals surface area contributed by atoms with Crippen molar-refractivity contribution in [1.29, 1.82) is 0 Å². The highest BCUT2D eigenvalue weighted by Gasteiger charge is 2.16. The van der Waals surface area contributed by atoms with E-state index in [4.69, 9.17) is 0 Å². The van der Waals surface area contributed by atoms with Gasteiger partial charge in [0.05, 0.1) is 5.69 Å². The number of amides is 1. The fourth-order valence-corrected chi connectivity index (χ4v) is 2.55. The standard InChI is InChI=1S/C15H21FN2O/c1-17-14-9-8-11(10-13(14)16)15(19)18-12-6-4-2-3-5-7-12/h8-10,12,17H,2-7H2,1H3,(H,18,19). The minimum atomic E-state index is -0.393. The van der Waals surface area contributed by atoms with E-state index >= 15 is 0 Å². The number of nitrogens with one attached hydrogen (secondary N) is 2. The minimum Gasteiger partial charge on any atom is -0.386 e. The normalized spacial score (nSPS) is 16.7. The molecule has 19 heavy (non-hydrogen) atoms. The molecule has 2 N–H and O–H groups in total. The van der Waals surface area contributed by atoms with E-state index < -0.39 is 5.82 Å². The third kappa shape index (κ3) is 3.69. The maximum Gasteiger partial charge on any atom is 0.251 e. The number of anilines is 1. The lowest BCUT2D eigenvalue weighted by Gasteiger charge is -2.16. The topological polar surface area (TPSA) is 41.1 Å². The van der Waals surface area contributed by atoms with Crippen molar-refractivity contribution >= 4 is 11.6 Å². The molecule has 1 aliphatic rings. The molecule has 1 amide bonds. The quantitative estimate of drug-likeness (QED) is 0.822. The number of benzene rings is 1. The first-order valence-electron chi connectivity index (χ1n) is 6.99. The zero-order valence-electron chi connectivity index (χ0n) is 11.3. The van der Waals surface area contributed by atoms with Crippen LogP contribution in [0.15, 0.2) is 18.2 Å². The summed E-state index contributed by atoms with van der Waals surface area (Å²) in [6.07, 6.45) is 6.89. The van der Waals surface area contributed by atoms with Crippen LogP contribution < -0.4 is 10.6 Å². The first-order chi connectivity index (χ1) is 9.20. The summed E-state index contributed by atoms with van der Waals surface area (Å²) in [5.74, 6) is -0.565. The maximum absolute atomic E-state index is 13.6. The van der Waals surface area contributed by atoms with Crippen LogP contribution in [0.4, 0.5) is 10.1 Å². The van der Waals surface area contributed by atoms with Crippen molar-refractivity contribution in [2.45, 2.75) is 44.6 Å². The van der Waals surface area contributed by atoms with E-state index in [2.05, 4.69) is 10.6 Å². The van der Waals surface area contributed by atoms with Crippen molar-refractivity contribution in [2.75, 3.05) is 12.4 Å². The average molecular weight is 264 g/mol. The molecule has 0 heterocycles. The molecule has 1 aromatic carbocycles. The maximum atomic E-state index is 13.6. The fraction of sp³-hybridized carbons (Fsp3) is 0.533. The second kappa shape index (κ2) is 6.55. The molecule has 0 aromatic heterocycles. The predicted octanol–water partition coefficient (Wildman–Crippen LogP) is 3.32. The highest BCUT2D eigenvalue weighted by molar-refractivity contribution is 5.94. The monoisotopic (exact) mass is 264 g/mol. The molecule has 4 heteroatoms. The Hall–Kier alpha value is -1.58. The molecule has 0 bridgehead atoms. The lowest BCUT2D eigenvalue weighted by Crippen LogP contribution is -2.34. The summed E-state index contributed by atoms with van der Waals surface area (Å²) in [5.41, 5.74) is 0.798. The van der Waals surface area contributed by atoms with Gasteiger partial charge in [-0.15, -0.1) is 0 Å². The van der Waals surface area contributed by atoms with E-state index in [0.717, 1.165) is 25.7 Å². The molecule has 0 saturated heterocycles. The average Bonchev–Trinajstić information content (AvgIpc) is 2.67. The van der Waals surface area contributed by atoms with E-state index in [1.54, 1.807) is 19.2 Å². The summed E-state index contributed by atoms with van der Waals surface area (Å²) >= 11 is 0. The minimum absolute atomic E-state index is 0.173. The predicted molar refractivity (Wildman–Crippen MR) is 74.9 cm³/mol. The van der Waals surface area contributed by atoms with Crippen LogP contribution in [0.3, 0.4) is 0 Å². The van der Waals surface area contributed by atoms with Crippen LogP contribution in [0, 0.1) is 5.82 Å². The number of carbonyl (C=O) groups excluding carboxylic acids is 1. The van der Waals surface area contributed by atoms with Gasteiger partial charge in [0, 0.05) is 18.7 Å². The summed E-state index contributed by atoms with van der Waals surface area (Å²) in [6, 6.07) is 4.78. The van der Waals surface area contributed by atoms with Crippen LogP contribution in [0.5, 0.6) is 0 Å². The molecule has 0 spiro atoms. The van der Waals surface area contributed by atoms with Crippen LogP contribution in [0.1, 0.15) is 48.9 Å². The van der Waals surface area contributed by atoms with Crippen molar-refractivity contribution in [3.8, 4) is 0 Å². The number of rotatable bonds is 3. The van der Waals surface area contributed by atoms with Gasteiger partial charge >= 0.3 is 0 Å². The molecular weight excluding hydrogens is 243 g/mol. The zero-order chi connectivity index (χ0) is 13.7. The van der Waals surface area contributed by atoms with Gasteiger partial charge in [-0.05, 0) is 31.0 Å². The molecule has 1 saturated carbocycles. The Morgan fingerprint density at radius 2 is 1.89 bits per heavy atom. The summed E-state index contributed by atoms with van der Waals surface area (Å²) in [7, 11) is 1.66. The highest BCUT2D eigenvalue weighted by Crippen LogP contribution is 2.19. The summed E-state index contributed by atoms with van der Waals surface area (Å²) in [5, 5.41) is 5.76. The first-order valence-corrected chi connectivity index (χ1v) is 6.99. The summed E-state index contributed by atoms with van der Waals surface area (Å²) in [6.45, 7) is 0. The van der Waals surface area contributed by atoms with Gasteiger partial charge in [0.1, 0.15) is 5.82 Å². The fourth-order valence-electron chi connectivity index (χ4n) is 2.55. The molecule has 2 rings (SSSR count). The molecule has 0 aliphatic heterocycles. The lowest BCUT2D eigenvalue weighted by atomic mass is 10.1. The lowest BCUT2D eigenvalue weighted by molar-refractivity contribution is 0.0933. The van der Waals surface area contributed by atoms with Gasteiger partial charge < -0.3 is 10.6 Å². The van der Waals surface area contributed by atoms with Crippen LogP contribution in [-0.2, 0) is 0 Å². The Kier molecular flexibility index (Phi) is 4.77. The second-order valence-corrected chi connectivity index (χ2v) is 5.11. The highest BCUT2D eigenvalue weighted by atomic mass is 19.1. The van der Waals surface area contributed by atoms with E-state index in [1.165, 1.54) is 18.9 Å². The Morgan fingerprint density at radius 1 is 1.21 bits per heavy atom. The van der Waals surface area contributed by atoms with Crippen LogP contribution in [0.2, 0.25) is 0 Å². The Bertz CT molecular complexity index is 440. The van der Waals surface area contributed by atoms with Gasteiger partial charge in [0.2, 0.25) is 0 Å². The van der Waals surface area contributed by atoms with Gasteiger partial charge in [-0.1, -0.05) is 25.7 Å². The molecule has 0 atom stereocenters. The van der Waals surface area contributed by atoms with Crippen molar-refractivity contribution in [3.05, 3.63) is 29.6 Å². The molecule has 1 aromatic rings. The van der Waals surface area contributed by atoms with Crippen molar-refractivity contribution in [1.82, 2.24) is 5.32 Å². The summed E-state index contributed by atoms with van der Waals surface area (Å²) in [4.78, 5) is 12.1. The van der Waals surface area contributed by atoms with E-state index in [0.29, 0.717) is 11.3 Å². The largest absolute Gasteiger partial charge is 0.386 e. The van der Waals surface area contributed by atoms with Gasteiger partial charge in [0.25, 0.3) is 5.91 Å². The van der Waals surface area contributed by atoms with Gasteiger partial charge in [-0.2, -0.15) is 0 Å². The van der Waals surface area contributed by atoms with E-state index in [9.17, 15) is 9.18 Å². The van der Waals surface area contributed by atoms with Crippen LogP contribution in [0.25, 0.3) is 0 Å². The molecule has 0 unspecified atom stereocenters. The van der Waals surface area contributed by atoms with Gasteiger partial charge in [-0.25, -0.2) is 4.39 Å². The number of hydrogen-bond acceptors (Lipinski definition) is 2. The molecule has 104 valence electrons. The molecule has 3 nitrogen and oxygen atoms in total. The smallest absolute Gasteiger partial charge is 0.251 e. The number of carbonyl (C=O) groups is 1. The van der Waals surface area contributed by atoms with Crippen molar-refractivity contribution in [2.24, 2.45) is 0 Å². The van der Waals surface area contributed by atoms with Crippen molar-refractivity contribution < 1.29 is 9.18 Å². The Labute approximate surface area is 113 Å². The third-order valence-corrected chi connectivity index (χ3v) is 3.69. The van der Waals surface area contributed by atoms with Gasteiger partial charge in [0.15, 0.2) is 0 Å². The Balaban J connectivity index is 2.00. The number of hydrogen-bond donors (Lipinski definition) is 2. The SMILES string of the molecule is CNc1ccc(C(=O)NC2CCCCCC2)cc1F. The second-order valence-electron chi connectivity index (χ2n) is 5.11. The van der Waals surface area contributed by atoms with Crippen LogP contribution in [-0.4, -0.2) is 19.0 Å². The van der Waals surface area contributed by atoms with Crippen molar-refractivity contribution in [3.63, 3.8) is 0 Å². The van der Waals surface area contributed by atoms with Gasteiger partial charge in [-0.3, -0.25) is 4.79 Å². The first kappa shape index (κ1) is 13.8. The van der Waals surface area contributed by atoms with E-state index in [1.807, 2.05) is 0 Å². The molecule has 0 radical (unpaired) electrons. The Morgan fingerprint density at radius 3 is 2.47 bits per heavy atom. The third-order valence-electron chi connectivity index (χ3n) is 3.69. The number of halogens is 1.